The molecule has 1 heterocycles. The van der Waals surface area contributed by atoms with Crippen LogP contribution >= 0.6 is 0 Å². The molecular weight excluding hydrogens is 250 g/mol. The summed E-state index contributed by atoms with van der Waals surface area (Å²) in [5, 5.41) is 25.0. The Labute approximate surface area is 120 Å². The van der Waals surface area contributed by atoms with Crippen LogP contribution in [0.4, 0.5) is 0 Å². The van der Waals surface area contributed by atoms with Crippen LogP contribution in [0.2, 0.25) is 0 Å². The lowest BCUT2D eigenvalue weighted by atomic mass is 9.50. The number of rotatable bonds is 0. The fourth-order valence-corrected chi connectivity index (χ4v) is 5.20. The normalized spacial score (nSPS) is 39.0. The third-order valence-electron chi connectivity index (χ3n) is 6.14. The molecule has 3 atom stereocenters. The Balaban J connectivity index is 2.00. The van der Waals surface area contributed by atoms with Gasteiger partial charge in [-0.3, -0.25) is 0 Å². The summed E-state index contributed by atoms with van der Waals surface area (Å²) in [6.45, 7) is 3.05. The molecule has 0 radical (unpaired) electrons. The average Bonchev–Trinajstić information content (AvgIpc) is 2.39. The molecule has 3 nitrogen and oxygen atoms in total. The molecule has 0 aromatic heterocycles. The molecule has 3 heteroatoms. The minimum absolute atomic E-state index is 0.141. The number of aromatic hydroxyl groups is 1. The van der Waals surface area contributed by atoms with Crippen LogP contribution in [0.5, 0.6) is 5.75 Å². The second-order valence-electron chi connectivity index (χ2n) is 6.96. The number of fused-ring (bicyclic) bond motifs is 1. The van der Waals surface area contributed by atoms with Gasteiger partial charge in [0, 0.05) is 11.5 Å². The van der Waals surface area contributed by atoms with E-state index in [0.717, 1.165) is 38.6 Å². The van der Waals surface area contributed by atoms with E-state index < -0.39 is 5.60 Å². The van der Waals surface area contributed by atoms with Crippen molar-refractivity contribution in [3.8, 4) is 5.75 Å². The standard InChI is InChI=1S/C17H23NO2/c1-11-8-12(19)9-14-13(11)10-15-17(20)5-3-2-4-16(14,17)6-7-18-15/h8-9,15,18-20H,2-7,10H2,1H3/t15-,16+,17-/m1/s1. The topological polar surface area (TPSA) is 52.5 Å². The van der Waals surface area contributed by atoms with Gasteiger partial charge >= 0.3 is 0 Å². The molecule has 3 aliphatic rings. The zero-order valence-electron chi connectivity index (χ0n) is 12.1. The summed E-state index contributed by atoms with van der Waals surface area (Å²) in [5.41, 5.74) is 2.98. The molecule has 2 bridgehead atoms. The molecule has 1 aliphatic heterocycles. The SMILES string of the molecule is Cc1cc(O)cc2c1C[C@H]1NCC[C@@]23CCCC[C@@]13O. The number of benzene rings is 1. The van der Waals surface area contributed by atoms with Crippen molar-refractivity contribution in [3.05, 3.63) is 28.8 Å². The predicted molar refractivity (Wildman–Crippen MR) is 78.1 cm³/mol. The number of hydrogen-bond donors (Lipinski definition) is 3. The molecule has 1 saturated heterocycles. The van der Waals surface area contributed by atoms with E-state index in [9.17, 15) is 10.2 Å². The summed E-state index contributed by atoms with van der Waals surface area (Å²) in [7, 11) is 0. The van der Waals surface area contributed by atoms with Crippen molar-refractivity contribution in [2.45, 2.75) is 62.5 Å². The molecule has 20 heavy (non-hydrogen) atoms. The fourth-order valence-electron chi connectivity index (χ4n) is 5.20. The monoisotopic (exact) mass is 273 g/mol. The van der Waals surface area contributed by atoms with Gasteiger partial charge < -0.3 is 15.5 Å². The highest BCUT2D eigenvalue weighted by atomic mass is 16.3. The molecule has 2 fully saturated rings. The van der Waals surface area contributed by atoms with E-state index in [-0.39, 0.29) is 11.5 Å². The molecule has 108 valence electrons. The lowest BCUT2D eigenvalue weighted by Gasteiger charge is -2.61. The van der Waals surface area contributed by atoms with Crippen LogP contribution in [0.15, 0.2) is 12.1 Å². The summed E-state index contributed by atoms with van der Waals surface area (Å²) in [5.74, 6) is 0.348. The van der Waals surface area contributed by atoms with Crippen molar-refractivity contribution in [3.63, 3.8) is 0 Å². The number of piperidine rings is 1. The van der Waals surface area contributed by atoms with Crippen molar-refractivity contribution in [1.82, 2.24) is 5.32 Å². The number of hydrogen-bond acceptors (Lipinski definition) is 3. The van der Waals surface area contributed by atoms with Crippen molar-refractivity contribution < 1.29 is 10.2 Å². The Morgan fingerprint density at radius 1 is 1.20 bits per heavy atom. The van der Waals surface area contributed by atoms with Gasteiger partial charge in [0.05, 0.1) is 5.60 Å². The van der Waals surface area contributed by atoms with Gasteiger partial charge in [-0.1, -0.05) is 12.8 Å². The highest BCUT2D eigenvalue weighted by Crippen LogP contribution is 2.57. The van der Waals surface area contributed by atoms with Gasteiger partial charge in [-0.2, -0.15) is 0 Å². The Morgan fingerprint density at radius 2 is 2.00 bits per heavy atom. The highest BCUT2D eigenvalue weighted by Gasteiger charge is 2.61. The quantitative estimate of drug-likeness (QED) is 0.679. The first-order valence-electron chi connectivity index (χ1n) is 7.86. The molecule has 4 rings (SSSR count). The van der Waals surface area contributed by atoms with Crippen molar-refractivity contribution in [2.75, 3.05) is 6.54 Å². The maximum Gasteiger partial charge on any atom is 0.116 e. The van der Waals surface area contributed by atoms with Gasteiger partial charge in [0.25, 0.3) is 0 Å². The van der Waals surface area contributed by atoms with Gasteiger partial charge in [-0.15, -0.1) is 0 Å². The maximum absolute atomic E-state index is 11.4. The number of nitrogens with one attached hydrogen (secondary N) is 1. The highest BCUT2D eigenvalue weighted by molar-refractivity contribution is 5.51. The molecule has 0 spiro atoms. The first-order chi connectivity index (χ1) is 9.57. The van der Waals surface area contributed by atoms with Crippen LogP contribution < -0.4 is 5.32 Å². The Hall–Kier alpha value is -1.06. The van der Waals surface area contributed by atoms with E-state index >= 15 is 0 Å². The first-order valence-corrected chi connectivity index (χ1v) is 7.86. The lowest BCUT2D eigenvalue weighted by molar-refractivity contribution is -0.124. The summed E-state index contributed by atoms with van der Waals surface area (Å²) in [6, 6.07) is 3.96. The lowest BCUT2D eigenvalue weighted by Crippen LogP contribution is -2.71. The first kappa shape index (κ1) is 12.7. The van der Waals surface area contributed by atoms with Crippen LogP contribution in [0.1, 0.15) is 48.8 Å². The predicted octanol–water partition coefficient (Wildman–Crippen LogP) is 2.16. The summed E-state index contributed by atoms with van der Waals surface area (Å²) in [6.07, 6.45) is 6.11. The van der Waals surface area contributed by atoms with Crippen LogP contribution in [0.3, 0.4) is 0 Å². The van der Waals surface area contributed by atoms with Gasteiger partial charge in [-0.05, 0) is 68.0 Å². The minimum atomic E-state index is -0.628. The smallest absolute Gasteiger partial charge is 0.116 e. The Morgan fingerprint density at radius 3 is 2.85 bits per heavy atom. The molecule has 1 aromatic rings. The Bertz CT molecular complexity index is 566. The van der Waals surface area contributed by atoms with E-state index in [1.807, 2.05) is 12.1 Å². The van der Waals surface area contributed by atoms with Crippen LogP contribution in [-0.4, -0.2) is 28.4 Å². The Kier molecular flexibility index (Phi) is 2.52. The van der Waals surface area contributed by atoms with Gasteiger partial charge in [0.2, 0.25) is 0 Å². The fraction of sp³-hybridized carbons (Fsp3) is 0.647. The largest absolute Gasteiger partial charge is 0.508 e. The average molecular weight is 273 g/mol. The number of aryl methyl sites for hydroxylation is 1. The second-order valence-corrected chi connectivity index (χ2v) is 6.96. The zero-order valence-corrected chi connectivity index (χ0v) is 12.1. The minimum Gasteiger partial charge on any atom is -0.508 e. The van der Waals surface area contributed by atoms with Crippen LogP contribution in [-0.2, 0) is 11.8 Å². The summed E-state index contributed by atoms with van der Waals surface area (Å²) < 4.78 is 0. The molecule has 0 unspecified atom stereocenters. The second kappa shape index (κ2) is 3.99. The molecule has 0 amide bonds. The van der Waals surface area contributed by atoms with E-state index in [4.69, 9.17) is 0 Å². The van der Waals surface area contributed by atoms with E-state index in [2.05, 4.69) is 12.2 Å². The molecule has 2 aliphatic carbocycles. The van der Waals surface area contributed by atoms with Gasteiger partial charge in [-0.25, -0.2) is 0 Å². The number of phenolic OH excluding ortho intramolecular Hbond substituents is 1. The molecule has 1 aromatic carbocycles. The van der Waals surface area contributed by atoms with Gasteiger partial charge in [0.15, 0.2) is 0 Å². The molecular formula is C17H23NO2. The van der Waals surface area contributed by atoms with E-state index in [0.29, 0.717) is 5.75 Å². The third-order valence-corrected chi connectivity index (χ3v) is 6.14. The molecule has 1 saturated carbocycles. The van der Waals surface area contributed by atoms with E-state index in [1.165, 1.54) is 23.1 Å². The third kappa shape index (κ3) is 1.38. The summed E-state index contributed by atoms with van der Waals surface area (Å²) >= 11 is 0. The van der Waals surface area contributed by atoms with Crippen LogP contribution in [0.25, 0.3) is 0 Å². The number of aliphatic hydroxyl groups is 1. The molecule has 3 N–H and O–H groups in total. The maximum atomic E-state index is 11.4. The zero-order chi connectivity index (χ0) is 14.0. The van der Waals surface area contributed by atoms with Crippen molar-refractivity contribution >= 4 is 0 Å². The summed E-state index contributed by atoms with van der Waals surface area (Å²) in [4.78, 5) is 0. The number of phenols is 1. The van der Waals surface area contributed by atoms with Crippen molar-refractivity contribution in [1.29, 1.82) is 0 Å². The van der Waals surface area contributed by atoms with Crippen LogP contribution in [0, 0.1) is 6.92 Å². The van der Waals surface area contributed by atoms with Crippen molar-refractivity contribution in [2.24, 2.45) is 0 Å². The van der Waals surface area contributed by atoms with Gasteiger partial charge in [0.1, 0.15) is 5.75 Å². The van der Waals surface area contributed by atoms with E-state index in [1.54, 1.807) is 0 Å².